The van der Waals surface area contributed by atoms with Crippen LogP contribution in [0.5, 0.6) is 0 Å². The molecule has 1 aliphatic rings. The minimum atomic E-state index is -0.622. The van der Waals surface area contributed by atoms with Gasteiger partial charge >= 0.3 is 0 Å². The fraction of sp³-hybridized carbons (Fsp3) is 0.364. The third-order valence-corrected chi connectivity index (χ3v) is 5.15. The second-order valence-electron chi connectivity index (χ2n) is 7.20. The number of benzene rings is 2. The van der Waals surface area contributed by atoms with Crippen molar-refractivity contribution in [2.24, 2.45) is 0 Å². The third-order valence-electron chi connectivity index (χ3n) is 5.15. The highest BCUT2D eigenvalue weighted by atomic mass is 19.1. The summed E-state index contributed by atoms with van der Waals surface area (Å²) in [6, 6.07) is 11.0. The lowest BCUT2D eigenvalue weighted by Crippen LogP contribution is -2.43. The van der Waals surface area contributed by atoms with Crippen LogP contribution in [0, 0.1) is 11.6 Å². The van der Waals surface area contributed by atoms with Gasteiger partial charge in [0.1, 0.15) is 11.6 Å². The number of carbonyl (C=O) groups excluding carboxylic acids is 2. The number of likely N-dealkylation sites (tertiary alicyclic amines) is 1. The maximum absolute atomic E-state index is 13.7. The number of hydrogen-bond donors (Lipinski definition) is 1. The van der Waals surface area contributed by atoms with E-state index in [0.717, 1.165) is 24.5 Å². The minimum absolute atomic E-state index is 0.0304. The number of nitrogens with one attached hydrogen (secondary N) is 1. The van der Waals surface area contributed by atoms with Crippen molar-refractivity contribution in [3.05, 3.63) is 70.8 Å². The molecule has 1 aliphatic heterocycles. The molecule has 3 rings (SSSR count). The molecule has 0 radical (unpaired) electrons. The summed E-state index contributed by atoms with van der Waals surface area (Å²) in [7, 11) is 0. The van der Waals surface area contributed by atoms with E-state index in [9.17, 15) is 18.4 Å². The van der Waals surface area contributed by atoms with E-state index in [2.05, 4.69) is 5.32 Å². The Hall–Kier alpha value is -2.60. The summed E-state index contributed by atoms with van der Waals surface area (Å²) in [6.45, 7) is 3.10. The van der Waals surface area contributed by atoms with Crippen LogP contribution in [0.25, 0.3) is 0 Å². The van der Waals surface area contributed by atoms with E-state index in [-0.39, 0.29) is 30.7 Å². The van der Waals surface area contributed by atoms with Crippen LogP contribution in [0.4, 0.5) is 8.78 Å². The zero-order valence-corrected chi connectivity index (χ0v) is 15.9. The van der Waals surface area contributed by atoms with Crippen LogP contribution in [0.15, 0.2) is 42.5 Å². The zero-order valence-electron chi connectivity index (χ0n) is 15.9. The summed E-state index contributed by atoms with van der Waals surface area (Å²) in [5.41, 5.74) is 2.09. The van der Waals surface area contributed by atoms with Crippen molar-refractivity contribution in [1.82, 2.24) is 10.2 Å². The maximum Gasteiger partial charge on any atom is 0.236 e. The number of ketones is 1. The predicted octanol–water partition coefficient (Wildman–Crippen LogP) is 3.66. The van der Waals surface area contributed by atoms with Gasteiger partial charge in [-0.15, -0.1) is 0 Å². The summed E-state index contributed by atoms with van der Waals surface area (Å²) in [5.74, 6) is -1.06. The van der Waals surface area contributed by atoms with Crippen molar-refractivity contribution < 1.29 is 18.4 Å². The number of halogens is 2. The van der Waals surface area contributed by atoms with Gasteiger partial charge < -0.3 is 10.2 Å². The Balaban J connectivity index is 1.55. The van der Waals surface area contributed by atoms with Crippen molar-refractivity contribution >= 4 is 11.7 Å². The average Bonchev–Trinajstić information content (AvgIpc) is 2.69. The van der Waals surface area contributed by atoms with Crippen LogP contribution in [0.3, 0.4) is 0 Å². The Morgan fingerprint density at radius 3 is 2.75 bits per heavy atom. The first kappa shape index (κ1) is 20.1. The maximum atomic E-state index is 13.7. The van der Waals surface area contributed by atoms with E-state index in [1.807, 2.05) is 23.1 Å². The van der Waals surface area contributed by atoms with E-state index in [4.69, 9.17) is 0 Å². The molecular formula is C22H24F2N2O2. The van der Waals surface area contributed by atoms with Crippen LogP contribution in [0.2, 0.25) is 0 Å². The van der Waals surface area contributed by atoms with Crippen LogP contribution < -0.4 is 5.32 Å². The Kier molecular flexibility index (Phi) is 6.52. The van der Waals surface area contributed by atoms with Crippen molar-refractivity contribution in [3.63, 3.8) is 0 Å². The fourth-order valence-corrected chi connectivity index (χ4v) is 3.57. The lowest BCUT2D eigenvalue weighted by molar-refractivity contribution is -0.131. The molecule has 1 fully saturated rings. The molecule has 0 spiro atoms. The molecule has 1 saturated heterocycles. The molecule has 1 N–H and O–H groups in total. The molecule has 0 saturated carbocycles. The quantitative estimate of drug-likeness (QED) is 0.771. The van der Waals surface area contributed by atoms with Crippen LogP contribution >= 0.6 is 0 Å². The van der Waals surface area contributed by atoms with Gasteiger partial charge in [-0.25, -0.2) is 8.78 Å². The molecule has 2 aromatic rings. The first-order chi connectivity index (χ1) is 13.4. The van der Waals surface area contributed by atoms with Gasteiger partial charge in [-0.05, 0) is 37.5 Å². The fourth-order valence-electron chi connectivity index (χ4n) is 3.57. The standard InChI is InChI=1S/C22H24F2N2O2/c1-15(27)16-4-2-5-17(10-16)19-6-3-9-26(14-19)22(28)13-25-12-18-7-8-20(23)11-21(18)24/h2,4-5,7-8,10-11,19,25H,3,6,9,12-14H2,1H3/t19-/m1/s1. The van der Waals surface area contributed by atoms with Gasteiger partial charge in [0.2, 0.25) is 5.91 Å². The van der Waals surface area contributed by atoms with Crippen molar-refractivity contribution in [2.45, 2.75) is 32.2 Å². The molecule has 1 amide bonds. The molecule has 6 heteroatoms. The Morgan fingerprint density at radius 2 is 2.00 bits per heavy atom. The van der Waals surface area contributed by atoms with Gasteiger partial charge in [0.25, 0.3) is 0 Å². The molecule has 1 heterocycles. The molecule has 0 bridgehead atoms. The number of rotatable bonds is 6. The van der Waals surface area contributed by atoms with Gasteiger partial charge in [0, 0.05) is 42.7 Å². The number of carbonyl (C=O) groups is 2. The lowest BCUT2D eigenvalue weighted by atomic mass is 9.89. The topological polar surface area (TPSA) is 49.4 Å². The molecule has 28 heavy (non-hydrogen) atoms. The molecule has 1 atom stereocenters. The van der Waals surface area contributed by atoms with Crippen molar-refractivity contribution in [1.29, 1.82) is 0 Å². The molecule has 0 aromatic heterocycles. The Labute approximate surface area is 163 Å². The first-order valence-corrected chi connectivity index (χ1v) is 9.47. The summed E-state index contributed by atoms with van der Waals surface area (Å²) < 4.78 is 26.6. The second-order valence-corrected chi connectivity index (χ2v) is 7.20. The SMILES string of the molecule is CC(=O)c1cccc([C@@H]2CCCN(C(=O)CNCc3ccc(F)cc3F)C2)c1. The van der Waals surface area contributed by atoms with Crippen molar-refractivity contribution in [2.75, 3.05) is 19.6 Å². The van der Waals surface area contributed by atoms with E-state index in [1.54, 1.807) is 13.0 Å². The lowest BCUT2D eigenvalue weighted by Gasteiger charge is -2.33. The van der Waals surface area contributed by atoms with E-state index in [0.29, 0.717) is 24.2 Å². The number of amides is 1. The second kappa shape index (κ2) is 9.06. The van der Waals surface area contributed by atoms with Crippen LogP contribution in [-0.2, 0) is 11.3 Å². The summed E-state index contributed by atoms with van der Waals surface area (Å²) in [5, 5.41) is 2.94. The predicted molar refractivity (Wildman–Crippen MR) is 103 cm³/mol. The summed E-state index contributed by atoms with van der Waals surface area (Å²) >= 11 is 0. The molecule has 0 aliphatic carbocycles. The smallest absolute Gasteiger partial charge is 0.236 e. The van der Waals surface area contributed by atoms with Crippen molar-refractivity contribution in [3.8, 4) is 0 Å². The van der Waals surface area contributed by atoms with Gasteiger partial charge in [-0.1, -0.05) is 24.3 Å². The van der Waals surface area contributed by atoms with Crippen LogP contribution in [0.1, 0.15) is 47.2 Å². The van der Waals surface area contributed by atoms with Gasteiger partial charge in [0.05, 0.1) is 6.54 Å². The average molecular weight is 386 g/mol. The molecule has 148 valence electrons. The van der Waals surface area contributed by atoms with E-state index >= 15 is 0 Å². The normalized spacial score (nSPS) is 16.8. The third kappa shape index (κ3) is 5.01. The van der Waals surface area contributed by atoms with Crippen LogP contribution in [-0.4, -0.2) is 36.2 Å². The molecule has 2 aromatic carbocycles. The molecule has 4 nitrogen and oxygen atoms in total. The van der Waals surface area contributed by atoms with Gasteiger partial charge in [-0.3, -0.25) is 9.59 Å². The van der Waals surface area contributed by atoms with E-state index < -0.39 is 11.6 Å². The molecule has 0 unspecified atom stereocenters. The summed E-state index contributed by atoms with van der Waals surface area (Å²) in [6.07, 6.45) is 1.87. The highest BCUT2D eigenvalue weighted by Crippen LogP contribution is 2.27. The first-order valence-electron chi connectivity index (χ1n) is 9.47. The number of piperidine rings is 1. The summed E-state index contributed by atoms with van der Waals surface area (Å²) in [4.78, 5) is 26.0. The number of hydrogen-bond acceptors (Lipinski definition) is 3. The number of nitrogens with zero attached hydrogens (tertiary/aromatic N) is 1. The number of Topliss-reactive ketones (excluding diaryl/α,β-unsaturated/α-hetero) is 1. The molecular weight excluding hydrogens is 362 g/mol. The zero-order chi connectivity index (χ0) is 20.1. The van der Waals surface area contributed by atoms with Gasteiger partial charge in [0.15, 0.2) is 5.78 Å². The largest absolute Gasteiger partial charge is 0.341 e. The highest BCUT2D eigenvalue weighted by Gasteiger charge is 2.24. The Morgan fingerprint density at radius 1 is 1.18 bits per heavy atom. The minimum Gasteiger partial charge on any atom is -0.341 e. The Bertz CT molecular complexity index is 869. The highest BCUT2D eigenvalue weighted by molar-refractivity contribution is 5.94. The van der Waals surface area contributed by atoms with Gasteiger partial charge in [-0.2, -0.15) is 0 Å². The monoisotopic (exact) mass is 386 g/mol. The van der Waals surface area contributed by atoms with E-state index in [1.165, 1.54) is 12.1 Å².